The van der Waals surface area contributed by atoms with Crippen molar-refractivity contribution in [2.75, 3.05) is 13.2 Å². The maximum atomic E-state index is 12.3. The lowest BCUT2D eigenvalue weighted by Gasteiger charge is -2.58. The molecular weight excluding hydrogens is 292 g/mol. The quantitative estimate of drug-likeness (QED) is 0.419. The summed E-state index contributed by atoms with van der Waals surface area (Å²) in [6.45, 7) is 2.92. The molecule has 122 valence electrons. The van der Waals surface area contributed by atoms with E-state index in [1.165, 1.54) is 0 Å². The molecule has 2 aliphatic heterocycles. The summed E-state index contributed by atoms with van der Waals surface area (Å²) < 4.78 is 11.5. The van der Waals surface area contributed by atoms with Crippen LogP contribution in [0.4, 0.5) is 0 Å². The van der Waals surface area contributed by atoms with Gasteiger partial charge in [0.05, 0.1) is 30.8 Å². The van der Waals surface area contributed by atoms with E-state index in [-0.39, 0.29) is 6.61 Å². The molecule has 0 radical (unpaired) electrons. The van der Waals surface area contributed by atoms with Crippen molar-refractivity contribution in [1.82, 2.24) is 0 Å². The number of hydrogen-bond donors (Lipinski definition) is 4. The van der Waals surface area contributed by atoms with E-state index in [0.29, 0.717) is 5.57 Å². The highest BCUT2D eigenvalue weighted by Gasteiger charge is 2.86. The van der Waals surface area contributed by atoms with Gasteiger partial charge in [0.25, 0.3) is 0 Å². The highest BCUT2D eigenvalue weighted by atomic mass is 16.6. The second-order valence-electron chi connectivity index (χ2n) is 7.11. The van der Waals surface area contributed by atoms with E-state index in [9.17, 15) is 25.2 Å². The van der Waals surface area contributed by atoms with Gasteiger partial charge in [-0.1, -0.05) is 6.92 Å². The van der Waals surface area contributed by atoms with E-state index in [4.69, 9.17) is 9.47 Å². The van der Waals surface area contributed by atoms with E-state index in [1.54, 1.807) is 19.9 Å². The van der Waals surface area contributed by atoms with E-state index in [1.807, 2.05) is 0 Å². The van der Waals surface area contributed by atoms with Gasteiger partial charge in [-0.15, -0.1) is 0 Å². The summed E-state index contributed by atoms with van der Waals surface area (Å²) >= 11 is 0. The molecule has 0 aromatic carbocycles. The molecule has 3 fully saturated rings. The number of rotatable bonds is 1. The Morgan fingerprint density at radius 1 is 1.36 bits per heavy atom. The summed E-state index contributed by atoms with van der Waals surface area (Å²) in [6, 6.07) is 0. The number of hydrogen-bond acceptors (Lipinski definition) is 7. The number of Topliss-reactive ketones (excluding diaryl/α,β-unsaturated/α-hetero) is 1. The fraction of sp³-hybridized carbons (Fsp3) is 0.800. The third kappa shape index (κ3) is 1.18. The van der Waals surface area contributed by atoms with Gasteiger partial charge >= 0.3 is 0 Å². The Morgan fingerprint density at radius 2 is 2.00 bits per heavy atom. The topological polar surface area (TPSA) is 120 Å². The van der Waals surface area contributed by atoms with E-state index in [0.717, 1.165) is 0 Å². The maximum absolute atomic E-state index is 12.3. The maximum Gasteiger partial charge on any atom is 0.187 e. The van der Waals surface area contributed by atoms with Crippen molar-refractivity contribution in [3.8, 4) is 0 Å². The predicted molar refractivity (Wildman–Crippen MR) is 71.8 cm³/mol. The van der Waals surface area contributed by atoms with E-state index < -0.39 is 59.3 Å². The number of aliphatic hydroxyl groups excluding tert-OH is 4. The number of ketones is 1. The van der Waals surface area contributed by atoms with Crippen molar-refractivity contribution in [3.05, 3.63) is 11.6 Å². The van der Waals surface area contributed by atoms with Crippen molar-refractivity contribution < 1.29 is 34.7 Å². The lowest BCUT2D eigenvalue weighted by atomic mass is 9.50. The summed E-state index contributed by atoms with van der Waals surface area (Å²) in [4.78, 5) is 12.3. The zero-order valence-electron chi connectivity index (χ0n) is 12.4. The van der Waals surface area contributed by atoms with Crippen molar-refractivity contribution in [3.63, 3.8) is 0 Å². The first-order valence-corrected chi connectivity index (χ1v) is 7.45. The van der Waals surface area contributed by atoms with Crippen LogP contribution in [0.1, 0.15) is 13.8 Å². The summed E-state index contributed by atoms with van der Waals surface area (Å²) in [5.41, 5.74) is -3.28. The molecule has 1 saturated carbocycles. The molecule has 4 N–H and O–H groups in total. The zero-order chi connectivity index (χ0) is 16.1. The first kappa shape index (κ1) is 14.7. The monoisotopic (exact) mass is 312 g/mol. The lowest BCUT2D eigenvalue weighted by Crippen LogP contribution is -2.72. The molecule has 4 aliphatic rings. The number of carbonyl (C=O) groups is 1. The highest BCUT2D eigenvalue weighted by Crippen LogP contribution is 2.70. The van der Waals surface area contributed by atoms with Crippen LogP contribution < -0.4 is 0 Å². The first-order valence-electron chi connectivity index (χ1n) is 7.45. The van der Waals surface area contributed by atoms with E-state index >= 15 is 0 Å². The second-order valence-corrected chi connectivity index (χ2v) is 7.11. The molecule has 2 bridgehead atoms. The molecule has 7 heteroatoms. The van der Waals surface area contributed by atoms with Crippen molar-refractivity contribution >= 4 is 5.78 Å². The summed E-state index contributed by atoms with van der Waals surface area (Å²) in [5, 5.41) is 41.8. The Bertz CT molecular complexity index is 582. The van der Waals surface area contributed by atoms with Gasteiger partial charge in [-0.25, -0.2) is 0 Å². The normalized spacial score (nSPS) is 59.5. The minimum Gasteiger partial charge on any atom is -0.396 e. The van der Waals surface area contributed by atoms with Gasteiger partial charge in [0, 0.05) is 5.41 Å². The molecule has 22 heavy (non-hydrogen) atoms. The molecule has 2 aliphatic carbocycles. The summed E-state index contributed by atoms with van der Waals surface area (Å²) in [7, 11) is 0. The molecule has 0 aromatic rings. The van der Waals surface area contributed by atoms with Crippen molar-refractivity contribution in [2.45, 2.75) is 50.0 Å². The number of carbonyl (C=O) groups excluding carboxylic acids is 1. The molecule has 7 nitrogen and oxygen atoms in total. The number of epoxide rings is 1. The van der Waals surface area contributed by atoms with Crippen LogP contribution in [-0.2, 0) is 14.3 Å². The molecule has 0 amide bonds. The Kier molecular flexibility index (Phi) is 2.67. The smallest absolute Gasteiger partial charge is 0.187 e. The molecule has 0 aromatic heterocycles. The first-order chi connectivity index (χ1) is 10.3. The number of ether oxygens (including phenoxy) is 2. The van der Waals surface area contributed by atoms with Gasteiger partial charge in [-0.05, 0) is 18.6 Å². The van der Waals surface area contributed by atoms with E-state index in [2.05, 4.69) is 0 Å². The van der Waals surface area contributed by atoms with Crippen LogP contribution in [0, 0.1) is 10.8 Å². The van der Waals surface area contributed by atoms with Crippen molar-refractivity contribution in [1.29, 1.82) is 0 Å². The van der Waals surface area contributed by atoms with Crippen LogP contribution >= 0.6 is 0 Å². The molecule has 2 heterocycles. The number of aliphatic hydroxyl groups is 4. The minimum absolute atomic E-state index is 0.250. The second kappa shape index (κ2) is 3.98. The minimum atomic E-state index is -1.53. The Morgan fingerprint density at radius 3 is 2.55 bits per heavy atom. The largest absolute Gasteiger partial charge is 0.396 e. The molecular formula is C15H20O7. The van der Waals surface area contributed by atoms with Gasteiger partial charge < -0.3 is 29.9 Å². The molecule has 1 spiro atoms. The lowest BCUT2D eigenvalue weighted by molar-refractivity contribution is -0.253. The summed E-state index contributed by atoms with van der Waals surface area (Å²) in [5.74, 6) is -0.502. The molecule has 4 rings (SSSR count). The standard InChI is InChI=1S/C15H20O7/c1-6-3-7-14(4-16,11(20)8(6)17)13(2)10(19)9(18)12(22-7)15(13)5-21-15/h3,7,9-12,16,18-20H,4-5H2,1-2H3/t7-,9-,10-,11-,12-,13-,14-,15-/m1/s1. The van der Waals surface area contributed by atoms with Crippen LogP contribution in [0.15, 0.2) is 11.6 Å². The molecule has 2 saturated heterocycles. The highest BCUT2D eigenvalue weighted by molar-refractivity contribution is 6.00. The van der Waals surface area contributed by atoms with Crippen LogP contribution in [0.25, 0.3) is 0 Å². The fourth-order valence-corrected chi connectivity index (χ4v) is 5.03. The fourth-order valence-electron chi connectivity index (χ4n) is 5.03. The predicted octanol–water partition coefficient (Wildman–Crippen LogP) is -1.87. The van der Waals surface area contributed by atoms with Gasteiger partial charge in [-0.2, -0.15) is 0 Å². The van der Waals surface area contributed by atoms with Gasteiger partial charge in [0.2, 0.25) is 0 Å². The third-order valence-electron chi connectivity index (χ3n) is 6.58. The average molecular weight is 312 g/mol. The zero-order valence-corrected chi connectivity index (χ0v) is 12.4. The van der Waals surface area contributed by atoms with Gasteiger partial charge in [-0.3, -0.25) is 4.79 Å². The van der Waals surface area contributed by atoms with Crippen LogP contribution in [0.5, 0.6) is 0 Å². The Labute approximate surface area is 127 Å². The SMILES string of the molecule is CC1=C[C@H]2O[C@@H]3[C@H](O)[C@@H](O)[C@](C)([C@@]2(CO)[C@H](O)C1=O)[C@@]31CO1. The van der Waals surface area contributed by atoms with Gasteiger partial charge in [0.1, 0.15) is 23.9 Å². The average Bonchev–Trinajstić information content (AvgIpc) is 3.27. The number of fused-ring (bicyclic) bond motifs is 2. The Balaban J connectivity index is 1.98. The van der Waals surface area contributed by atoms with Crippen LogP contribution in [0.2, 0.25) is 0 Å². The van der Waals surface area contributed by atoms with Gasteiger partial charge in [0.15, 0.2) is 5.78 Å². The Hall–Kier alpha value is -0.830. The molecule has 0 unspecified atom stereocenters. The van der Waals surface area contributed by atoms with Crippen LogP contribution in [-0.4, -0.2) is 75.5 Å². The van der Waals surface area contributed by atoms with Crippen LogP contribution in [0.3, 0.4) is 0 Å². The van der Waals surface area contributed by atoms with Crippen molar-refractivity contribution in [2.24, 2.45) is 10.8 Å². The third-order valence-corrected chi connectivity index (χ3v) is 6.58. The molecule has 8 atom stereocenters. The summed E-state index contributed by atoms with van der Waals surface area (Å²) in [6.07, 6.45) is -3.96.